The SMILES string of the molecule is COc1ccc(S(=O)(=O)N2CCC(NC(=O)c3cccc(OCc4ccccc4)c3)CC2)cc1. The van der Waals surface area contributed by atoms with Crippen LogP contribution in [0.4, 0.5) is 0 Å². The highest BCUT2D eigenvalue weighted by Crippen LogP contribution is 2.23. The molecule has 1 fully saturated rings. The van der Waals surface area contributed by atoms with E-state index in [0.717, 1.165) is 5.56 Å². The molecule has 1 aliphatic heterocycles. The minimum Gasteiger partial charge on any atom is -0.497 e. The molecule has 1 aliphatic rings. The molecule has 34 heavy (non-hydrogen) atoms. The highest BCUT2D eigenvalue weighted by Gasteiger charge is 2.30. The number of benzene rings is 3. The molecular formula is C26H28N2O5S. The molecular weight excluding hydrogens is 452 g/mol. The van der Waals surface area contributed by atoms with Crippen LogP contribution in [0.2, 0.25) is 0 Å². The molecule has 1 N–H and O–H groups in total. The van der Waals surface area contributed by atoms with Crippen molar-refractivity contribution in [1.82, 2.24) is 9.62 Å². The number of ether oxygens (including phenoxy) is 2. The standard InChI is InChI=1S/C26H28N2O5S/c1-32-23-10-12-25(13-11-23)34(30,31)28-16-14-22(15-17-28)27-26(29)21-8-5-9-24(18-21)33-19-20-6-3-2-4-7-20/h2-13,18,22H,14-17,19H2,1H3,(H,27,29). The topological polar surface area (TPSA) is 84.9 Å². The summed E-state index contributed by atoms with van der Waals surface area (Å²) in [6.07, 6.45) is 1.09. The second-order valence-electron chi connectivity index (χ2n) is 8.13. The molecule has 0 aromatic heterocycles. The van der Waals surface area contributed by atoms with Gasteiger partial charge in [0, 0.05) is 24.7 Å². The van der Waals surface area contributed by atoms with Crippen LogP contribution in [0.15, 0.2) is 83.8 Å². The van der Waals surface area contributed by atoms with Crippen molar-refractivity contribution in [2.45, 2.75) is 30.4 Å². The summed E-state index contributed by atoms with van der Waals surface area (Å²) in [4.78, 5) is 13.0. The number of rotatable bonds is 8. The number of carbonyl (C=O) groups excluding carboxylic acids is 1. The average Bonchev–Trinajstić information content (AvgIpc) is 2.88. The molecule has 8 heteroatoms. The van der Waals surface area contributed by atoms with Crippen LogP contribution < -0.4 is 14.8 Å². The van der Waals surface area contributed by atoms with Crippen LogP contribution >= 0.6 is 0 Å². The number of sulfonamides is 1. The maximum Gasteiger partial charge on any atom is 0.251 e. The predicted molar refractivity (Wildman–Crippen MR) is 129 cm³/mol. The molecule has 3 aromatic carbocycles. The summed E-state index contributed by atoms with van der Waals surface area (Å²) in [5.74, 6) is 1.04. The van der Waals surface area contributed by atoms with Crippen molar-refractivity contribution >= 4 is 15.9 Å². The molecule has 0 aliphatic carbocycles. The van der Waals surface area contributed by atoms with Gasteiger partial charge in [-0.05, 0) is 60.9 Å². The zero-order chi connectivity index (χ0) is 24.0. The van der Waals surface area contributed by atoms with Gasteiger partial charge in [-0.1, -0.05) is 36.4 Å². The van der Waals surface area contributed by atoms with Crippen molar-refractivity contribution in [3.63, 3.8) is 0 Å². The minimum atomic E-state index is -3.58. The Hall–Kier alpha value is -3.36. The van der Waals surface area contributed by atoms with E-state index in [2.05, 4.69) is 5.32 Å². The zero-order valence-electron chi connectivity index (χ0n) is 19.0. The summed E-state index contributed by atoms with van der Waals surface area (Å²) in [7, 11) is -2.04. The van der Waals surface area contributed by atoms with Crippen LogP contribution in [0.25, 0.3) is 0 Å². The number of nitrogens with one attached hydrogen (secondary N) is 1. The molecule has 4 rings (SSSR count). The quantitative estimate of drug-likeness (QED) is 0.529. The summed E-state index contributed by atoms with van der Waals surface area (Å²) < 4.78 is 38.2. The van der Waals surface area contributed by atoms with Crippen molar-refractivity contribution < 1.29 is 22.7 Å². The molecule has 0 bridgehead atoms. The zero-order valence-corrected chi connectivity index (χ0v) is 19.8. The number of amides is 1. The lowest BCUT2D eigenvalue weighted by Gasteiger charge is -2.31. The number of methoxy groups -OCH3 is 1. The van der Waals surface area contributed by atoms with Gasteiger partial charge in [0.25, 0.3) is 5.91 Å². The summed E-state index contributed by atoms with van der Waals surface area (Å²) in [5.41, 5.74) is 1.56. The second-order valence-corrected chi connectivity index (χ2v) is 10.1. The van der Waals surface area contributed by atoms with E-state index in [9.17, 15) is 13.2 Å². The second kappa shape index (κ2) is 10.7. The van der Waals surface area contributed by atoms with Gasteiger partial charge in [-0.3, -0.25) is 4.79 Å². The Morgan fingerprint density at radius 3 is 2.32 bits per heavy atom. The fraction of sp³-hybridized carbons (Fsp3) is 0.269. The Labute approximate surface area is 200 Å². The summed E-state index contributed by atoms with van der Waals surface area (Å²) in [6.45, 7) is 1.12. The maximum absolute atomic E-state index is 12.9. The molecule has 7 nitrogen and oxygen atoms in total. The van der Waals surface area contributed by atoms with Gasteiger partial charge in [0.2, 0.25) is 10.0 Å². The number of carbonyl (C=O) groups is 1. The van der Waals surface area contributed by atoms with E-state index in [4.69, 9.17) is 9.47 Å². The molecule has 0 unspecified atom stereocenters. The first kappa shape index (κ1) is 23.8. The highest BCUT2D eigenvalue weighted by molar-refractivity contribution is 7.89. The molecule has 0 spiro atoms. The first-order chi connectivity index (χ1) is 16.5. The van der Waals surface area contributed by atoms with E-state index < -0.39 is 10.0 Å². The molecule has 1 amide bonds. The largest absolute Gasteiger partial charge is 0.497 e. The highest BCUT2D eigenvalue weighted by atomic mass is 32.2. The molecule has 3 aromatic rings. The lowest BCUT2D eigenvalue weighted by atomic mass is 10.1. The van der Waals surface area contributed by atoms with Gasteiger partial charge in [-0.2, -0.15) is 4.31 Å². The van der Waals surface area contributed by atoms with Crippen LogP contribution in [0.5, 0.6) is 11.5 Å². The summed E-state index contributed by atoms with van der Waals surface area (Å²) in [5, 5.41) is 3.03. The third-order valence-corrected chi connectivity index (χ3v) is 7.74. The first-order valence-corrected chi connectivity index (χ1v) is 12.6. The van der Waals surface area contributed by atoms with Gasteiger partial charge in [-0.25, -0.2) is 8.42 Å². The Balaban J connectivity index is 1.31. The first-order valence-electron chi connectivity index (χ1n) is 11.2. The van der Waals surface area contributed by atoms with E-state index >= 15 is 0 Å². The summed E-state index contributed by atoms with van der Waals surface area (Å²) >= 11 is 0. The molecule has 1 saturated heterocycles. The monoisotopic (exact) mass is 480 g/mol. The van der Waals surface area contributed by atoms with E-state index in [1.54, 1.807) is 42.5 Å². The van der Waals surface area contributed by atoms with Gasteiger partial charge in [-0.15, -0.1) is 0 Å². The molecule has 0 saturated carbocycles. The fourth-order valence-corrected chi connectivity index (χ4v) is 5.34. The molecule has 0 radical (unpaired) electrons. The van der Waals surface area contributed by atoms with Crippen molar-refractivity contribution in [3.05, 3.63) is 90.0 Å². The molecule has 1 heterocycles. The third-order valence-electron chi connectivity index (χ3n) is 5.83. The maximum atomic E-state index is 12.9. The Kier molecular flexibility index (Phi) is 7.49. The predicted octanol–water partition coefficient (Wildman–Crippen LogP) is 3.86. The Morgan fingerprint density at radius 1 is 0.941 bits per heavy atom. The van der Waals surface area contributed by atoms with Gasteiger partial charge in [0.05, 0.1) is 12.0 Å². The van der Waals surface area contributed by atoms with E-state index in [1.165, 1.54) is 11.4 Å². The smallest absolute Gasteiger partial charge is 0.251 e. The number of hydrogen-bond acceptors (Lipinski definition) is 5. The molecule has 178 valence electrons. The van der Waals surface area contributed by atoms with Crippen LogP contribution in [0, 0.1) is 0 Å². The number of nitrogens with zero attached hydrogens (tertiary/aromatic N) is 1. The van der Waals surface area contributed by atoms with Crippen LogP contribution in [-0.4, -0.2) is 44.9 Å². The summed E-state index contributed by atoms with van der Waals surface area (Å²) in [6, 6.07) is 23.2. The third kappa shape index (κ3) is 5.76. The van der Waals surface area contributed by atoms with Gasteiger partial charge in [0.15, 0.2) is 0 Å². The number of piperidine rings is 1. The van der Waals surface area contributed by atoms with Gasteiger partial charge < -0.3 is 14.8 Å². The van der Waals surface area contributed by atoms with Crippen LogP contribution in [0.3, 0.4) is 0 Å². The van der Waals surface area contributed by atoms with Crippen LogP contribution in [0.1, 0.15) is 28.8 Å². The van der Waals surface area contributed by atoms with Crippen LogP contribution in [-0.2, 0) is 16.6 Å². The van der Waals surface area contributed by atoms with E-state index in [1.807, 2.05) is 36.4 Å². The lowest BCUT2D eigenvalue weighted by Crippen LogP contribution is -2.46. The van der Waals surface area contributed by atoms with E-state index in [0.29, 0.717) is 49.6 Å². The lowest BCUT2D eigenvalue weighted by molar-refractivity contribution is 0.0923. The fourth-order valence-electron chi connectivity index (χ4n) is 3.87. The van der Waals surface area contributed by atoms with Gasteiger partial charge >= 0.3 is 0 Å². The molecule has 0 atom stereocenters. The van der Waals surface area contributed by atoms with E-state index in [-0.39, 0.29) is 16.8 Å². The normalized spacial score (nSPS) is 15.0. The van der Waals surface area contributed by atoms with Crippen molar-refractivity contribution in [3.8, 4) is 11.5 Å². The number of hydrogen-bond donors (Lipinski definition) is 1. The minimum absolute atomic E-state index is 0.0938. The van der Waals surface area contributed by atoms with Gasteiger partial charge in [0.1, 0.15) is 18.1 Å². The average molecular weight is 481 g/mol. The van der Waals surface area contributed by atoms with Crippen molar-refractivity contribution in [2.24, 2.45) is 0 Å². The Bertz CT molecular complexity index is 1210. The Morgan fingerprint density at radius 2 is 1.65 bits per heavy atom. The van der Waals surface area contributed by atoms with Crippen molar-refractivity contribution in [2.75, 3.05) is 20.2 Å². The van der Waals surface area contributed by atoms with Crippen molar-refractivity contribution in [1.29, 1.82) is 0 Å².